The molecule has 1 aliphatic rings. The summed E-state index contributed by atoms with van der Waals surface area (Å²) in [5.74, 6) is 0. The molecule has 4 unspecified atom stereocenters. The molecule has 88 valence electrons. The van der Waals surface area contributed by atoms with Crippen molar-refractivity contribution in [2.24, 2.45) is 5.73 Å². The zero-order chi connectivity index (χ0) is 11.5. The van der Waals surface area contributed by atoms with E-state index in [1.165, 1.54) is 0 Å². The van der Waals surface area contributed by atoms with Gasteiger partial charge in [-0.05, 0) is 25.3 Å². The average Bonchev–Trinajstić information content (AvgIpc) is 2.75. The van der Waals surface area contributed by atoms with Crippen LogP contribution in [0.3, 0.4) is 0 Å². The molecule has 3 heteroatoms. The summed E-state index contributed by atoms with van der Waals surface area (Å²) in [6.07, 6.45) is 1.40. The Morgan fingerprint density at radius 2 is 2.00 bits per heavy atom. The summed E-state index contributed by atoms with van der Waals surface area (Å²) >= 11 is 0. The molecule has 0 spiro atoms. The van der Waals surface area contributed by atoms with Gasteiger partial charge in [-0.15, -0.1) is 0 Å². The Labute approximate surface area is 96.2 Å². The number of benzene rings is 1. The Balaban J connectivity index is 2.02. The molecule has 1 heterocycles. The van der Waals surface area contributed by atoms with E-state index in [2.05, 4.69) is 0 Å². The smallest absolute Gasteiger partial charge is 0.0993 e. The molecule has 0 bridgehead atoms. The van der Waals surface area contributed by atoms with Crippen molar-refractivity contribution in [1.29, 1.82) is 0 Å². The van der Waals surface area contributed by atoms with Gasteiger partial charge in [0.05, 0.1) is 24.4 Å². The zero-order valence-corrected chi connectivity index (χ0v) is 9.54. The molecule has 1 aromatic rings. The summed E-state index contributed by atoms with van der Waals surface area (Å²) < 4.78 is 5.64. The number of aliphatic hydroxyl groups is 1. The molecule has 3 N–H and O–H groups in total. The van der Waals surface area contributed by atoms with E-state index in [1.807, 2.05) is 37.3 Å². The van der Waals surface area contributed by atoms with Crippen LogP contribution >= 0.6 is 0 Å². The molecule has 0 saturated carbocycles. The van der Waals surface area contributed by atoms with Crippen LogP contribution in [0.4, 0.5) is 0 Å². The lowest BCUT2D eigenvalue weighted by molar-refractivity contribution is -0.0388. The summed E-state index contributed by atoms with van der Waals surface area (Å²) in [7, 11) is 0. The number of hydrogen-bond donors (Lipinski definition) is 2. The first-order valence-electron chi connectivity index (χ1n) is 5.82. The lowest BCUT2D eigenvalue weighted by Crippen LogP contribution is -2.36. The Morgan fingerprint density at radius 3 is 2.56 bits per heavy atom. The van der Waals surface area contributed by atoms with Crippen molar-refractivity contribution < 1.29 is 9.84 Å². The van der Waals surface area contributed by atoms with E-state index in [0.29, 0.717) is 0 Å². The van der Waals surface area contributed by atoms with Gasteiger partial charge in [-0.3, -0.25) is 0 Å². The molecule has 0 amide bonds. The SMILES string of the molecule is CC1CCC(C(O)C(N)c2ccccc2)O1. The third kappa shape index (κ3) is 2.43. The lowest BCUT2D eigenvalue weighted by Gasteiger charge is -2.24. The Hall–Kier alpha value is -0.900. The number of hydrogen-bond acceptors (Lipinski definition) is 3. The van der Waals surface area contributed by atoms with Crippen LogP contribution in [0.5, 0.6) is 0 Å². The molecule has 0 aromatic heterocycles. The highest BCUT2D eigenvalue weighted by atomic mass is 16.5. The monoisotopic (exact) mass is 221 g/mol. The van der Waals surface area contributed by atoms with E-state index in [9.17, 15) is 5.11 Å². The Morgan fingerprint density at radius 1 is 1.31 bits per heavy atom. The molecular weight excluding hydrogens is 202 g/mol. The fourth-order valence-electron chi connectivity index (χ4n) is 2.19. The van der Waals surface area contributed by atoms with Gasteiger partial charge in [0.2, 0.25) is 0 Å². The van der Waals surface area contributed by atoms with Crippen molar-refractivity contribution in [3.8, 4) is 0 Å². The maximum absolute atomic E-state index is 10.1. The van der Waals surface area contributed by atoms with E-state index in [0.717, 1.165) is 18.4 Å². The molecular formula is C13H19NO2. The quantitative estimate of drug-likeness (QED) is 0.815. The van der Waals surface area contributed by atoms with E-state index in [-0.39, 0.29) is 18.2 Å². The fraction of sp³-hybridized carbons (Fsp3) is 0.538. The molecule has 4 atom stereocenters. The molecule has 16 heavy (non-hydrogen) atoms. The van der Waals surface area contributed by atoms with E-state index < -0.39 is 6.10 Å². The second-order valence-electron chi connectivity index (χ2n) is 4.49. The Kier molecular flexibility index (Phi) is 3.59. The maximum atomic E-state index is 10.1. The van der Waals surface area contributed by atoms with Crippen molar-refractivity contribution in [1.82, 2.24) is 0 Å². The predicted molar refractivity (Wildman–Crippen MR) is 62.9 cm³/mol. The van der Waals surface area contributed by atoms with Gasteiger partial charge < -0.3 is 15.6 Å². The molecule has 1 aromatic carbocycles. The van der Waals surface area contributed by atoms with Gasteiger partial charge in [-0.1, -0.05) is 30.3 Å². The highest BCUT2D eigenvalue weighted by molar-refractivity contribution is 5.20. The first kappa shape index (κ1) is 11.6. The molecule has 1 aliphatic heterocycles. The molecule has 3 nitrogen and oxygen atoms in total. The standard InChI is InChI=1S/C13H19NO2/c1-9-7-8-11(16-9)13(15)12(14)10-5-3-2-4-6-10/h2-6,9,11-13,15H,7-8,14H2,1H3. The number of nitrogens with two attached hydrogens (primary N) is 1. The van der Waals surface area contributed by atoms with Gasteiger partial charge in [0.15, 0.2) is 0 Å². The first-order chi connectivity index (χ1) is 7.68. The van der Waals surface area contributed by atoms with Crippen LogP contribution in [0.15, 0.2) is 30.3 Å². The van der Waals surface area contributed by atoms with Crippen molar-refractivity contribution in [2.45, 2.75) is 44.1 Å². The van der Waals surface area contributed by atoms with Gasteiger partial charge in [-0.25, -0.2) is 0 Å². The van der Waals surface area contributed by atoms with E-state index in [1.54, 1.807) is 0 Å². The van der Waals surface area contributed by atoms with Crippen LogP contribution in [-0.4, -0.2) is 23.4 Å². The van der Waals surface area contributed by atoms with Crippen LogP contribution in [-0.2, 0) is 4.74 Å². The van der Waals surface area contributed by atoms with Crippen LogP contribution < -0.4 is 5.73 Å². The van der Waals surface area contributed by atoms with Gasteiger partial charge in [0.1, 0.15) is 0 Å². The van der Waals surface area contributed by atoms with Crippen molar-refractivity contribution >= 4 is 0 Å². The highest BCUT2D eigenvalue weighted by Crippen LogP contribution is 2.27. The summed E-state index contributed by atoms with van der Waals surface area (Å²) in [6.45, 7) is 2.03. The fourth-order valence-corrected chi connectivity index (χ4v) is 2.19. The normalized spacial score (nSPS) is 28.9. The maximum Gasteiger partial charge on any atom is 0.0993 e. The van der Waals surface area contributed by atoms with Gasteiger partial charge in [0, 0.05) is 0 Å². The van der Waals surface area contributed by atoms with Gasteiger partial charge in [-0.2, -0.15) is 0 Å². The third-order valence-corrected chi connectivity index (χ3v) is 3.20. The summed E-state index contributed by atoms with van der Waals surface area (Å²) in [4.78, 5) is 0. The average molecular weight is 221 g/mol. The number of aliphatic hydroxyl groups excluding tert-OH is 1. The molecule has 2 rings (SSSR count). The summed E-state index contributed by atoms with van der Waals surface area (Å²) in [6, 6.07) is 9.31. The van der Waals surface area contributed by atoms with Crippen LogP contribution in [0.1, 0.15) is 31.4 Å². The number of rotatable bonds is 3. The summed E-state index contributed by atoms with van der Waals surface area (Å²) in [5, 5.41) is 10.1. The van der Waals surface area contributed by atoms with Gasteiger partial charge in [0.25, 0.3) is 0 Å². The van der Waals surface area contributed by atoms with Crippen molar-refractivity contribution in [3.63, 3.8) is 0 Å². The molecule has 0 radical (unpaired) electrons. The van der Waals surface area contributed by atoms with E-state index in [4.69, 9.17) is 10.5 Å². The van der Waals surface area contributed by atoms with Crippen molar-refractivity contribution in [3.05, 3.63) is 35.9 Å². The predicted octanol–water partition coefficient (Wildman–Crippen LogP) is 1.61. The first-order valence-corrected chi connectivity index (χ1v) is 5.82. The highest BCUT2D eigenvalue weighted by Gasteiger charge is 2.32. The topological polar surface area (TPSA) is 55.5 Å². The van der Waals surface area contributed by atoms with Gasteiger partial charge >= 0.3 is 0 Å². The molecule has 0 aliphatic carbocycles. The second kappa shape index (κ2) is 4.95. The van der Waals surface area contributed by atoms with E-state index >= 15 is 0 Å². The van der Waals surface area contributed by atoms with Crippen LogP contribution in [0.25, 0.3) is 0 Å². The third-order valence-electron chi connectivity index (χ3n) is 3.20. The summed E-state index contributed by atoms with van der Waals surface area (Å²) in [5.41, 5.74) is 6.99. The number of ether oxygens (including phenoxy) is 1. The zero-order valence-electron chi connectivity index (χ0n) is 9.54. The molecule has 1 saturated heterocycles. The van der Waals surface area contributed by atoms with Crippen LogP contribution in [0.2, 0.25) is 0 Å². The second-order valence-corrected chi connectivity index (χ2v) is 4.49. The largest absolute Gasteiger partial charge is 0.388 e. The minimum atomic E-state index is -0.618. The van der Waals surface area contributed by atoms with Crippen LogP contribution in [0, 0.1) is 0 Å². The van der Waals surface area contributed by atoms with Crippen molar-refractivity contribution in [2.75, 3.05) is 0 Å². The molecule has 1 fully saturated rings. The minimum absolute atomic E-state index is 0.120. The minimum Gasteiger partial charge on any atom is -0.388 e. The Bertz CT molecular complexity index is 328. The lowest BCUT2D eigenvalue weighted by atomic mass is 9.97.